The zero-order valence-electron chi connectivity index (χ0n) is 12.0. The molecule has 2 rings (SSSR count). The van der Waals surface area contributed by atoms with Crippen LogP contribution in [0.2, 0.25) is 0 Å². The van der Waals surface area contributed by atoms with E-state index in [9.17, 15) is 14.7 Å². The molecule has 1 heterocycles. The number of carbonyl (C=O) groups is 2. The Balaban J connectivity index is 1.56. The molecule has 0 bridgehead atoms. The predicted molar refractivity (Wildman–Crippen MR) is 76.6 cm³/mol. The summed E-state index contributed by atoms with van der Waals surface area (Å²) < 4.78 is 4.82. The van der Waals surface area contributed by atoms with Crippen molar-refractivity contribution in [2.24, 2.45) is 5.92 Å². The summed E-state index contributed by atoms with van der Waals surface area (Å²) in [5.74, 6) is 0.157. The summed E-state index contributed by atoms with van der Waals surface area (Å²) in [5.41, 5.74) is 0.455. The van der Waals surface area contributed by atoms with E-state index in [1.807, 2.05) is 0 Å². The Hall–Kier alpha value is -1.82. The number of rotatable bonds is 6. The fourth-order valence-corrected chi connectivity index (χ4v) is 2.48. The number of hydrogen-bond acceptors (Lipinski definition) is 4. The van der Waals surface area contributed by atoms with E-state index in [-0.39, 0.29) is 24.3 Å². The molecule has 6 nitrogen and oxygen atoms in total. The second kappa shape index (κ2) is 7.83. The van der Waals surface area contributed by atoms with Gasteiger partial charge in [0.1, 0.15) is 6.26 Å². The Bertz CT molecular complexity index is 450. The number of furan rings is 1. The van der Waals surface area contributed by atoms with Crippen LogP contribution in [0.15, 0.2) is 23.0 Å². The van der Waals surface area contributed by atoms with Crippen molar-refractivity contribution in [1.82, 2.24) is 10.6 Å². The van der Waals surface area contributed by atoms with Crippen molar-refractivity contribution in [2.45, 2.75) is 38.2 Å². The molecular formula is C15H22N2O4. The minimum absolute atomic E-state index is 0.0615. The molecule has 0 atom stereocenters. The van der Waals surface area contributed by atoms with Gasteiger partial charge >= 0.3 is 0 Å². The SMILES string of the molecule is O=C(CCNC(=O)c1ccoc1)NCC1CCC(O)CC1. The number of amides is 2. The van der Waals surface area contributed by atoms with E-state index in [2.05, 4.69) is 10.6 Å². The van der Waals surface area contributed by atoms with Crippen molar-refractivity contribution in [3.63, 3.8) is 0 Å². The number of aliphatic hydroxyl groups is 1. The molecule has 1 saturated carbocycles. The van der Waals surface area contributed by atoms with Gasteiger partial charge in [-0.1, -0.05) is 0 Å². The van der Waals surface area contributed by atoms with Crippen molar-refractivity contribution >= 4 is 11.8 Å². The van der Waals surface area contributed by atoms with Crippen molar-refractivity contribution in [3.05, 3.63) is 24.2 Å². The molecule has 0 unspecified atom stereocenters. The lowest BCUT2D eigenvalue weighted by Gasteiger charge is -2.25. The summed E-state index contributed by atoms with van der Waals surface area (Å²) in [6, 6.07) is 1.58. The van der Waals surface area contributed by atoms with Gasteiger partial charge in [-0.25, -0.2) is 0 Å². The highest BCUT2D eigenvalue weighted by atomic mass is 16.3. The first-order valence-electron chi connectivity index (χ1n) is 7.40. The van der Waals surface area contributed by atoms with Crippen LogP contribution in [0, 0.1) is 5.92 Å². The first kappa shape index (κ1) is 15.6. The second-order valence-corrected chi connectivity index (χ2v) is 5.50. The Morgan fingerprint density at radius 2 is 2.00 bits per heavy atom. The Kier molecular flexibility index (Phi) is 5.80. The van der Waals surface area contributed by atoms with E-state index >= 15 is 0 Å². The molecule has 6 heteroatoms. The van der Waals surface area contributed by atoms with E-state index in [4.69, 9.17) is 4.42 Å². The Morgan fingerprint density at radius 1 is 1.24 bits per heavy atom. The normalized spacial score (nSPS) is 21.8. The van der Waals surface area contributed by atoms with Gasteiger partial charge in [-0.15, -0.1) is 0 Å². The molecule has 1 aliphatic carbocycles. The van der Waals surface area contributed by atoms with Crippen LogP contribution < -0.4 is 10.6 Å². The molecule has 0 aliphatic heterocycles. The summed E-state index contributed by atoms with van der Waals surface area (Å²) in [6.07, 6.45) is 6.45. The second-order valence-electron chi connectivity index (χ2n) is 5.50. The van der Waals surface area contributed by atoms with Crippen molar-refractivity contribution in [2.75, 3.05) is 13.1 Å². The van der Waals surface area contributed by atoms with Crippen LogP contribution in [0.5, 0.6) is 0 Å². The standard InChI is InChI=1S/C15H22N2O4/c18-13-3-1-11(2-4-13)9-17-14(19)5-7-16-15(20)12-6-8-21-10-12/h6,8,10-11,13,18H,1-5,7,9H2,(H,16,20)(H,17,19). The maximum absolute atomic E-state index is 11.7. The fourth-order valence-electron chi connectivity index (χ4n) is 2.48. The van der Waals surface area contributed by atoms with Crippen molar-refractivity contribution in [1.29, 1.82) is 0 Å². The van der Waals surface area contributed by atoms with Crippen LogP contribution in [-0.2, 0) is 4.79 Å². The van der Waals surface area contributed by atoms with Gasteiger partial charge in [0, 0.05) is 19.5 Å². The molecule has 1 fully saturated rings. The summed E-state index contributed by atoms with van der Waals surface area (Å²) >= 11 is 0. The molecule has 1 aromatic rings. The Morgan fingerprint density at radius 3 is 2.67 bits per heavy atom. The van der Waals surface area contributed by atoms with E-state index in [0.29, 0.717) is 24.6 Å². The fraction of sp³-hybridized carbons (Fsp3) is 0.600. The number of nitrogens with one attached hydrogen (secondary N) is 2. The van der Waals surface area contributed by atoms with Gasteiger partial charge in [0.25, 0.3) is 5.91 Å². The van der Waals surface area contributed by atoms with Crippen LogP contribution in [0.1, 0.15) is 42.5 Å². The lowest BCUT2D eigenvalue weighted by molar-refractivity contribution is -0.121. The molecular weight excluding hydrogens is 272 g/mol. The quantitative estimate of drug-likeness (QED) is 0.732. The smallest absolute Gasteiger partial charge is 0.254 e. The van der Waals surface area contributed by atoms with E-state index in [1.54, 1.807) is 6.07 Å². The summed E-state index contributed by atoms with van der Waals surface area (Å²) in [5, 5.41) is 15.0. The zero-order valence-corrected chi connectivity index (χ0v) is 12.0. The average molecular weight is 294 g/mol. The summed E-state index contributed by atoms with van der Waals surface area (Å²) in [6.45, 7) is 0.959. The molecule has 1 aliphatic rings. The highest BCUT2D eigenvalue weighted by Gasteiger charge is 2.19. The number of aliphatic hydroxyl groups excluding tert-OH is 1. The predicted octanol–water partition coefficient (Wildman–Crippen LogP) is 1.07. The van der Waals surface area contributed by atoms with Gasteiger partial charge in [-0.3, -0.25) is 9.59 Å². The third-order valence-electron chi connectivity index (χ3n) is 3.83. The molecule has 2 amide bonds. The summed E-state index contributed by atoms with van der Waals surface area (Å²) in [4.78, 5) is 23.3. The highest BCUT2D eigenvalue weighted by Crippen LogP contribution is 2.23. The number of carbonyl (C=O) groups excluding carboxylic acids is 2. The van der Waals surface area contributed by atoms with Crippen molar-refractivity contribution in [3.8, 4) is 0 Å². The first-order chi connectivity index (χ1) is 10.1. The molecule has 116 valence electrons. The average Bonchev–Trinajstić information content (AvgIpc) is 3.01. The molecule has 0 spiro atoms. The maximum atomic E-state index is 11.7. The van der Waals surface area contributed by atoms with Crippen LogP contribution in [0.4, 0.5) is 0 Å². The van der Waals surface area contributed by atoms with E-state index in [0.717, 1.165) is 25.7 Å². The van der Waals surface area contributed by atoms with Crippen LogP contribution in [-0.4, -0.2) is 36.1 Å². The lowest BCUT2D eigenvalue weighted by Crippen LogP contribution is -2.34. The molecule has 0 saturated heterocycles. The van der Waals surface area contributed by atoms with Crippen LogP contribution >= 0.6 is 0 Å². The monoisotopic (exact) mass is 294 g/mol. The van der Waals surface area contributed by atoms with Gasteiger partial charge in [-0.05, 0) is 37.7 Å². The number of hydrogen-bond donors (Lipinski definition) is 3. The van der Waals surface area contributed by atoms with Crippen molar-refractivity contribution < 1.29 is 19.1 Å². The molecule has 0 radical (unpaired) electrons. The Labute approximate surface area is 123 Å². The summed E-state index contributed by atoms with van der Waals surface area (Å²) in [7, 11) is 0. The molecule has 1 aromatic heterocycles. The van der Waals surface area contributed by atoms with Crippen LogP contribution in [0.25, 0.3) is 0 Å². The minimum atomic E-state index is -0.238. The first-order valence-corrected chi connectivity index (χ1v) is 7.40. The largest absolute Gasteiger partial charge is 0.472 e. The third kappa shape index (κ3) is 5.23. The highest BCUT2D eigenvalue weighted by molar-refractivity contribution is 5.93. The maximum Gasteiger partial charge on any atom is 0.254 e. The van der Waals surface area contributed by atoms with Gasteiger partial charge in [0.2, 0.25) is 5.91 Å². The van der Waals surface area contributed by atoms with Gasteiger partial charge < -0.3 is 20.2 Å². The van der Waals surface area contributed by atoms with Gasteiger partial charge in [0.15, 0.2) is 0 Å². The zero-order chi connectivity index (χ0) is 15.1. The minimum Gasteiger partial charge on any atom is -0.472 e. The van der Waals surface area contributed by atoms with Gasteiger partial charge in [0.05, 0.1) is 17.9 Å². The van der Waals surface area contributed by atoms with E-state index < -0.39 is 0 Å². The molecule has 0 aromatic carbocycles. The van der Waals surface area contributed by atoms with Gasteiger partial charge in [-0.2, -0.15) is 0 Å². The molecule has 21 heavy (non-hydrogen) atoms. The lowest BCUT2D eigenvalue weighted by atomic mass is 9.87. The van der Waals surface area contributed by atoms with Crippen LogP contribution in [0.3, 0.4) is 0 Å². The van der Waals surface area contributed by atoms with E-state index in [1.165, 1.54) is 12.5 Å². The molecule has 3 N–H and O–H groups in total. The third-order valence-corrected chi connectivity index (χ3v) is 3.83. The topological polar surface area (TPSA) is 91.6 Å².